The van der Waals surface area contributed by atoms with Gasteiger partial charge >= 0.3 is 0 Å². The van der Waals surface area contributed by atoms with Crippen LogP contribution in [0, 0.1) is 28.5 Å². The van der Waals surface area contributed by atoms with Crippen molar-refractivity contribution in [3.63, 3.8) is 0 Å². The Kier molecular flexibility index (Phi) is 3.26. The molecule has 6 heteroatoms. The van der Waals surface area contributed by atoms with E-state index in [1.807, 2.05) is 0 Å². The average Bonchev–Trinajstić information content (AvgIpc) is 3.29. The van der Waals surface area contributed by atoms with Gasteiger partial charge < -0.3 is 5.32 Å². The molecule has 21 heavy (non-hydrogen) atoms. The molecule has 0 unspecified atom stereocenters. The van der Waals surface area contributed by atoms with Gasteiger partial charge in [0.15, 0.2) is 5.82 Å². The van der Waals surface area contributed by atoms with E-state index in [0.717, 1.165) is 25.1 Å². The molecule has 4 nitrogen and oxygen atoms in total. The summed E-state index contributed by atoms with van der Waals surface area (Å²) in [6.45, 7) is 0.507. The SMILES string of the molecule is N#CC1(CNc2cccc(-c3cc(F)ncc3F)n2)CC1. The molecule has 2 aromatic rings. The maximum atomic E-state index is 13.7. The predicted octanol–water partition coefficient (Wildman–Crippen LogP) is 3.14. The number of hydrogen-bond acceptors (Lipinski definition) is 4. The third kappa shape index (κ3) is 2.82. The van der Waals surface area contributed by atoms with Gasteiger partial charge in [0.05, 0.1) is 23.4 Å². The number of rotatable bonds is 4. The van der Waals surface area contributed by atoms with Gasteiger partial charge in [-0.3, -0.25) is 0 Å². The lowest BCUT2D eigenvalue weighted by atomic mass is 10.1. The maximum Gasteiger partial charge on any atom is 0.213 e. The first-order chi connectivity index (χ1) is 10.1. The number of aromatic nitrogens is 2. The molecule has 106 valence electrons. The Morgan fingerprint density at radius 1 is 1.33 bits per heavy atom. The highest BCUT2D eigenvalue weighted by molar-refractivity contribution is 5.61. The van der Waals surface area contributed by atoms with Gasteiger partial charge in [-0.2, -0.15) is 9.65 Å². The number of nitrogens with zero attached hydrogens (tertiary/aromatic N) is 3. The second-order valence-corrected chi connectivity index (χ2v) is 5.14. The molecule has 1 saturated carbocycles. The van der Waals surface area contributed by atoms with Crippen LogP contribution in [0.15, 0.2) is 30.5 Å². The molecular weight excluding hydrogens is 274 g/mol. The van der Waals surface area contributed by atoms with E-state index in [1.54, 1.807) is 18.2 Å². The summed E-state index contributed by atoms with van der Waals surface area (Å²) >= 11 is 0. The standard InChI is InChI=1S/C15H12F2N4/c16-11-7-19-13(17)6-10(11)12-2-1-3-14(21-12)20-9-15(8-18)4-5-15/h1-3,6-7H,4-5,9H2,(H,20,21). The Hall–Kier alpha value is -2.55. The van der Waals surface area contributed by atoms with Gasteiger partial charge in [0.2, 0.25) is 5.95 Å². The van der Waals surface area contributed by atoms with E-state index in [2.05, 4.69) is 21.4 Å². The highest BCUT2D eigenvalue weighted by Gasteiger charge is 2.42. The molecule has 1 fully saturated rings. The quantitative estimate of drug-likeness (QED) is 0.877. The summed E-state index contributed by atoms with van der Waals surface area (Å²) in [5.41, 5.74) is 0.0827. The number of halogens is 2. The van der Waals surface area contributed by atoms with E-state index in [0.29, 0.717) is 18.1 Å². The monoisotopic (exact) mass is 286 g/mol. The largest absolute Gasteiger partial charge is 0.368 e. The third-order valence-corrected chi connectivity index (χ3v) is 3.55. The Bertz CT molecular complexity index is 720. The van der Waals surface area contributed by atoms with Crippen molar-refractivity contribution < 1.29 is 8.78 Å². The van der Waals surface area contributed by atoms with Crippen molar-refractivity contribution >= 4 is 5.82 Å². The van der Waals surface area contributed by atoms with Crippen molar-refractivity contribution in [1.82, 2.24) is 9.97 Å². The molecule has 0 amide bonds. The lowest BCUT2D eigenvalue weighted by Crippen LogP contribution is -2.14. The predicted molar refractivity (Wildman–Crippen MR) is 73.2 cm³/mol. The minimum absolute atomic E-state index is 0.0626. The van der Waals surface area contributed by atoms with Gasteiger partial charge in [-0.25, -0.2) is 14.4 Å². The van der Waals surface area contributed by atoms with E-state index in [-0.39, 0.29) is 11.0 Å². The van der Waals surface area contributed by atoms with Crippen molar-refractivity contribution in [2.24, 2.45) is 5.41 Å². The molecular formula is C15H12F2N4. The molecule has 0 radical (unpaired) electrons. The van der Waals surface area contributed by atoms with Gasteiger partial charge in [-0.05, 0) is 25.0 Å². The van der Waals surface area contributed by atoms with Crippen molar-refractivity contribution in [2.75, 3.05) is 11.9 Å². The summed E-state index contributed by atoms with van der Waals surface area (Å²) in [6.07, 6.45) is 2.59. The third-order valence-electron chi connectivity index (χ3n) is 3.55. The van der Waals surface area contributed by atoms with Gasteiger partial charge in [0.1, 0.15) is 5.82 Å². The Balaban J connectivity index is 1.83. The molecule has 0 bridgehead atoms. The zero-order valence-corrected chi connectivity index (χ0v) is 11.1. The molecule has 1 aliphatic carbocycles. The van der Waals surface area contributed by atoms with Gasteiger partial charge in [-0.1, -0.05) is 6.07 Å². The Labute approximate surface area is 120 Å². The molecule has 0 aliphatic heterocycles. The first kappa shape index (κ1) is 13.4. The Morgan fingerprint density at radius 2 is 2.14 bits per heavy atom. The van der Waals surface area contributed by atoms with Gasteiger partial charge in [-0.15, -0.1) is 0 Å². The van der Waals surface area contributed by atoms with Crippen molar-refractivity contribution in [3.05, 3.63) is 42.2 Å². The number of pyridine rings is 2. The second-order valence-electron chi connectivity index (χ2n) is 5.14. The Morgan fingerprint density at radius 3 is 2.86 bits per heavy atom. The molecule has 2 aromatic heterocycles. The van der Waals surface area contributed by atoms with Crippen molar-refractivity contribution in [3.8, 4) is 17.3 Å². The summed E-state index contributed by atoms with van der Waals surface area (Å²) in [4.78, 5) is 7.51. The van der Waals surface area contributed by atoms with Crippen LogP contribution in [0.4, 0.5) is 14.6 Å². The van der Waals surface area contributed by atoms with E-state index in [4.69, 9.17) is 5.26 Å². The fourth-order valence-corrected chi connectivity index (χ4v) is 2.03. The number of anilines is 1. The fraction of sp³-hybridized carbons (Fsp3) is 0.267. The summed E-state index contributed by atoms with van der Waals surface area (Å²) in [6, 6.07) is 8.32. The van der Waals surface area contributed by atoms with Crippen molar-refractivity contribution in [1.29, 1.82) is 5.26 Å². The summed E-state index contributed by atoms with van der Waals surface area (Å²) in [5, 5.41) is 12.1. The van der Waals surface area contributed by atoms with Crippen LogP contribution in [0.1, 0.15) is 12.8 Å². The highest BCUT2D eigenvalue weighted by Crippen LogP contribution is 2.44. The second kappa shape index (κ2) is 5.09. The van der Waals surface area contributed by atoms with Crippen molar-refractivity contribution in [2.45, 2.75) is 12.8 Å². The molecule has 1 N–H and O–H groups in total. The zero-order valence-electron chi connectivity index (χ0n) is 11.1. The molecule has 3 rings (SSSR count). The summed E-state index contributed by atoms with van der Waals surface area (Å²) in [5.74, 6) is -0.852. The van der Waals surface area contributed by atoms with Crippen LogP contribution < -0.4 is 5.32 Å². The number of nitriles is 1. The van der Waals surface area contributed by atoms with E-state index in [9.17, 15) is 8.78 Å². The van der Waals surface area contributed by atoms with E-state index in [1.165, 1.54) is 0 Å². The first-order valence-corrected chi connectivity index (χ1v) is 6.55. The number of nitrogens with one attached hydrogen (secondary N) is 1. The summed E-state index contributed by atoms with van der Waals surface area (Å²) in [7, 11) is 0. The average molecular weight is 286 g/mol. The van der Waals surface area contributed by atoms with Crippen LogP contribution in [-0.4, -0.2) is 16.5 Å². The van der Waals surface area contributed by atoms with Crippen LogP contribution in [-0.2, 0) is 0 Å². The summed E-state index contributed by atoms with van der Waals surface area (Å²) < 4.78 is 26.8. The minimum Gasteiger partial charge on any atom is -0.368 e. The molecule has 2 heterocycles. The van der Waals surface area contributed by atoms with Gasteiger partial charge in [0, 0.05) is 18.2 Å². The van der Waals surface area contributed by atoms with Crippen LogP contribution in [0.5, 0.6) is 0 Å². The molecule has 0 saturated heterocycles. The normalized spacial score (nSPS) is 15.3. The van der Waals surface area contributed by atoms with E-state index < -0.39 is 11.8 Å². The maximum absolute atomic E-state index is 13.7. The molecule has 0 atom stereocenters. The fourth-order valence-electron chi connectivity index (χ4n) is 2.03. The minimum atomic E-state index is -0.757. The smallest absolute Gasteiger partial charge is 0.213 e. The first-order valence-electron chi connectivity index (χ1n) is 6.55. The van der Waals surface area contributed by atoms with Gasteiger partial charge in [0.25, 0.3) is 0 Å². The number of hydrogen-bond donors (Lipinski definition) is 1. The van der Waals surface area contributed by atoms with Crippen LogP contribution in [0.2, 0.25) is 0 Å². The van der Waals surface area contributed by atoms with E-state index >= 15 is 0 Å². The topological polar surface area (TPSA) is 61.6 Å². The molecule has 0 spiro atoms. The van der Waals surface area contributed by atoms with Crippen LogP contribution in [0.25, 0.3) is 11.3 Å². The zero-order chi connectivity index (χ0) is 14.9. The van der Waals surface area contributed by atoms with Crippen LogP contribution in [0.3, 0.4) is 0 Å². The molecule has 0 aromatic carbocycles. The lowest BCUT2D eigenvalue weighted by molar-refractivity contribution is 0.562. The highest BCUT2D eigenvalue weighted by atomic mass is 19.1. The molecule has 1 aliphatic rings. The lowest BCUT2D eigenvalue weighted by Gasteiger charge is -2.10. The van der Waals surface area contributed by atoms with Crippen LogP contribution >= 0.6 is 0 Å².